The van der Waals surface area contributed by atoms with Crippen molar-refractivity contribution in [2.45, 2.75) is 32.2 Å². The van der Waals surface area contributed by atoms with E-state index in [4.69, 9.17) is 0 Å². The molecule has 0 unspecified atom stereocenters. The summed E-state index contributed by atoms with van der Waals surface area (Å²) >= 11 is 3.33. The van der Waals surface area contributed by atoms with Crippen LogP contribution in [-0.2, 0) is 11.3 Å². The molecule has 3 nitrogen and oxygen atoms in total. The van der Waals surface area contributed by atoms with Gasteiger partial charge < -0.3 is 10.2 Å². The van der Waals surface area contributed by atoms with Crippen molar-refractivity contribution >= 4 is 21.8 Å². The minimum atomic E-state index is -0.267. The molecule has 1 N–H and O–H groups in total. The third-order valence-electron chi connectivity index (χ3n) is 4.07. The second-order valence-corrected chi connectivity index (χ2v) is 6.63. The van der Waals surface area contributed by atoms with E-state index < -0.39 is 0 Å². The first-order chi connectivity index (χ1) is 10.1. The number of nitrogens with one attached hydrogen (secondary N) is 1. The van der Waals surface area contributed by atoms with Gasteiger partial charge in [-0.2, -0.15) is 0 Å². The number of benzene rings is 1. The zero-order valence-electron chi connectivity index (χ0n) is 12.4. The molecule has 1 aromatic carbocycles. The summed E-state index contributed by atoms with van der Waals surface area (Å²) in [5.74, 6) is 0.468. The van der Waals surface area contributed by atoms with Crippen LogP contribution in [0.25, 0.3) is 0 Å². The topological polar surface area (TPSA) is 32.3 Å². The van der Waals surface area contributed by atoms with Gasteiger partial charge in [-0.15, -0.1) is 0 Å². The van der Waals surface area contributed by atoms with Crippen LogP contribution < -0.4 is 5.32 Å². The molecule has 5 heteroatoms. The molecule has 1 aromatic rings. The van der Waals surface area contributed by atoms with Crippen LogP contribution in [0.3, 0.4) is 0 Å². The third kappa shape index (κ3) is 5.08. The number of halogens is 2. The van der Waals surface area contributed by atoms with E-state index in [0.717, 1.165) is 36.8 Å². The molecule has 1 aliphatic heterocycles. The van der Waals surface area contributed by atoms with Gasteiger partial charge in [0.1, 0.15) is 5.82 Å². The number of rotatable bonds is 5. The quantitative estimate of drug-likeness (QED) is 0.877. The van der Waals surface area contributed by atoms with Crippen LogP contribution in [0, 0.1) is 11.7 Å². The lowest BCUT2D eigenvalue weighted by atomic mass is 9.93. The average Bonchev–Trinajstić information content (AvgIpc) is 2.49. The molecule has 21 heavy (non-hydrogen) atoms. The number of carbonyl (C=O) groups is 1. The maximum Gasteiger partial charge on any atom is 0.222 e. The Bertz CT molecular complexity index is 489. The van der Waals surface area contributed by atoms with Crippen molar-refractivity contribution in [2.24, 2.45) is 5.92 Å². The van der Waals surface area contributed by atoms with Crippen molar-refractivity contribution in [3.8, 4) is 0 Å². The average molecular weight is 357 g/mol. The maximum absolute atomic E-state index is 13.7. The van der Waals surface area contributed by atoms with Crippen LogP contribution in [0.15, 0.2) is 22.7 Å². The van der Waals surface area contributed by atoms with Crippen LogP contribution in [-0.4, -0.2) is 30.9 Å². The number of amides is 1. The molecular formula is C16H22BrFN2O. The zero-order valence-corrected chi connectivity index (χ0v) is 14.0. The minimum absolute atomic E-state index is 0.0907. The number of carbonyl (C=O) groups excluding carboxylic acids is 1. The van der Waals surface area contributed by atoms with Crippen molar-refractivity contribution in [3.05, 3.63) is 34.1 Å². The first kappa shape index (κ1) is 16.4. The highest BCUT2D eigenvalue weighted by atomic mass is 79.9. The van der Waals surface area contributed by atoms with Gasteiger partial charge in [0.15, 0.2) is 0 Å². The molecule has 1 heterocycles. The summed E-state index contributed by atoms with van der Waals surface area (Å²) in [7, 11) is 1.74. The zero-order chi connectivity index (χ0) is 15.2. The Morgan fingerprint density at radius 2 is 2.14 bits per heavy atom. The van der Waals surface area contributed by atoms with Crippen molar-refractivity contribution in [3.63, 3.8) is 0 Å². The lowest BCUT2D eigenvalue weighted by Gasteiger charge is -2.23. The lowest BCUT2D eigenvalue weighted by molar-refractivity contribution is -0.130. The number of nitrogens with zero attached hydrogens (tertiary/aromatic N) is 1. The van der Waals surface area contributed by atoms with Crippen molar-refractivity contribution in [2.75, 3.05) is 20.1 Å². The molecular weight excluding hydrogens is 335 g/mol. The SMILES string of the molecule is CN(Cc1cc(Br)ccc1F)C(=O)CCC1CCNCC1. The van der Waals surface area contributed by atoms with E-state index in [1.54, 1.807) is 24.1 Å². The normalized spacial score (nSPS) is 16.0. The molecule has 0 saturated carbocycles. The lowest BCUT2D eigenvalue weighted by Crippen LogP contribution is -2.30. The molecule has 2 rings (SSSR count). The van der Waals surface area contributed by atoms with Gasteiger partial charge in [-0.3, -0.25) is 4.79 Å². The molecule has 1 saturated heterocycles. The Morgan fingerprint density at radius 1 is 1.43 bits per heavy atom. The van der Waals surface area contributed by atoms with E-state index in [0.29, 0.717) is 24.4 Å². The summed E-state index contributed by atoms with van der Waals surface area (Å²) in [6, 6.07) is 4.82. The van der Waals surface area contributed by atoms with Crippen molar-refractivity contribution < 1.29 is 9.18 Å². The van der Waals surface area contributed by atoms with Crippen LogP contribution in [0.1, 0.15) is 31.2 Å². The summed E-state index contributed by atoms with van der Waals surface area (Å²) in [6.07, 6.45) is 3.79. The molecule has 1 fully saturated rings. The second kappa shape index (κ2) is 7.90. The van der Waals surface area contributed by atoms with Crippen LogP contribution >= 0.6 is 15.9 Å². The first-order valence-corrected chi connectivity index (χ1v) is 8.24. The van der Waals surface area contributed by atoms with Crippen molar-refractivity contribution in [1.82, 2.24) is 10.2 Å². The molecule has 1 aliphatic rings. The Labute approximate surface area is 134 Å². The number of hydrogen-bond acceptors (Lipinski definition) is 2. The molecule has 0 aromatic heterocycles. The van der Waals surface area contributed by atoms with E-state index >= 15 is 0 Å². The molecule has 1 amide bonds. The number of hydrogen-bond donors (Lipinski definition) is 1. The van der Waals surface area contributed by atoms with Gasteiger partial charge in [-0.05, 0) is 56.5 Å². The summed E-state index contributed by atoms with van der Waals surface area (Å²) < 4.78 is 14.5. The predicted octanol–water partition coefficient (Wildman–Crippen LogP) is 3.33. The number of piperidine rings is 1. The fraction of sp³-hybridized carbons (Fsp3) is 0.562. The van der Waals surface area contributed by atoms with Gasteiger partial charge in [0.2, 0.25) is 5.91 Å². The Hall–Kier alpha value is -0.940. The summed E-state index contributed by atoms with van der Waals surface area (Å²) in [6.45, 7) is 2.42. The second-order valence-electron chi connectivity index (χ2n) is 5.72. The smallest absolute Gasteiger partial charge is 0.222 e. The van der Waals surface area contributed by atoms with Gasteiger partial charge in [-0.1, -0.05) is 15.9 Å². The van der Waals surface area contributed by atoms with Crippen LogP contribution in [0.5, 0.6) is 0 Å². The van der Waals surface area contributed by atoms with E-state index in [1.165, 1.54) is 6.07 Å². The van der Waals surface area contributed by atoms with Crippen LogP contribution in [0.4, 0.5) is 4.39 Å². The maximum atomic E-state index is 13.7. The fourth-order valence-electron chi connectivity index (χ4n) is 2.70. The largest absolute Gasteiger partial charge is 0.341 e. The van der Waals surface area contributed by atoms with Gasteiger partial charge in [0, 0.05) is 30.0 Å². The molecule has 0 spiro atoms. The summed E-state index contributed by atoms with van der Waals surface area (Å²) in [5, 5.41) is 3.33. The summed E-state index contributed by atoms with van der Waals surface area (Å²) in [4.78, 5) is 13.8. The van der Waals surface area contributed by atoms with E-state index in [1.807, 2.05) is 0 Å². The Morgan fingerprint density at radius 3 is 2.86 bits per heavy atom. The highest BCUT2D eigenvalue weighted by Gasteiger charge is 2.17. The molecule has 0 aliphatic carbocycles. The van der Waals surface area contributed by atoms with E-state index in [2.05, 4.69) is 21.2 Å². The first-order valence-electron chi connectivity index (χ1n) is 7.45. The van der Waals surface area contributed by atoms with Gasteiger partial charge in [-0.25, -0.2) is 4.39 Å². The van der Waals surface area contributed by atoms with Crippen molar-refractivity contribution in [1.29, 1.82) is 0 Å². The van der Waals surface area contributed by atoms with E-state index in [-0.39, 0.29) is 11.7 Å². The van der Waals surface area contributed by atoms with E-state index in [9.17, 15) is 9.18 Å². The summed E-state index contributed by atoms with van der Waals surface area (Å²) in [5.41, 5.74) is 0.544. The molecule has 0 radical (unpaired) electrons. The highest BCUT2D eigenvalue weighted by Crippen LogP contribution is 2.20. The Balaban J connectivity index is 1.82. The monoisotopic (exact) mass is 356 g/mol. The van der Waals surface area contributed by atoms with Gasteiger partial charge in [0.25, 0.3) is 0 Å². The van der Waals surface area contributed by atoms with Crippen LogP contribution in [0.2, 0.25) is 0 Å². The molecule has 0 bridgehead atoms. The standard InChI is InChI=1S/C16H22BrFN2O/c1-20(11-13-10-14(17)3-4-15(13)18)16(21)5-2-12-6-8-19-9-7-12/h3-4,10,12,19H,2,5-9,11H2,1H3. The fourth-order valence-corrected chi connectivity index (χ4v) is 3.11. The minimum Gasteiger partial charge on any atom is -0.341 e. The third-order valence-corrected chi connectivity index (χ3v) is 4.56. The molecule has 0 atom stereocenters. The highest BCUT2D eigenvalue weighted by molar-refractivity contribution is 9.10. The van der Waals surface area contributed by atoms with Gasteiger partial charge in [0.05, 0.1) is 0 Å². The molecule has 116 valence electrons. The van der Waals surface area contributed by atoms with Gasteiger partial charge >= 0.3 is 0 Å². The Kier molecular flexibility index (Phi) is 6.18. The predicted molar refractivity (Wildman–Crippen MR) is 85.4 cm³/mol.